The van der Waals surface area contributed by atoms with E-state index in [4.69, 9.17) is 0 Å². The minimum atomic E-state index is 0.0203. The second-order valence-electron chi connectivity index (χ2n) is 5.42. The monoisotopic (exact) mass is 245 g/mol. The molecule has 0 aliphatic carbocycles. The molecule has 0 saturated carbocycles. The van der Waals surface area contributed by atoms with Crippen LogP contribution < -0.4 is 10.6 Å². The Morgan fingerprint density at radius 2 is 2.11 bits per heavy atom. The first-order chi connectivity index (χ1) is 8.72. The van der Waals surface area contributed by atoms with E-state index in [0.717, 1.165) is 18.5 Å². The van der Waals surface area contributed by atoms with Crippen LogP contribution in [0.4, 0.5) is 0 Å². The highest BCUT2D eigenvalue weighted by atomic mass is 16.1. The van der Waals surface area contributed by atoms with E-state index in [0.29, 0.717) is 23.7 Å². The topological polar surface area (TPSA) is 54.0 Å². The van der Waals surface area contributed by atoms with E-state index >= 15 is 0 Å². The van der Waals surface area contributed by atoms with E-state index in [2.05, 4.69) is 15.6 Å². The molecule has 18 heavy (non-hydrogen) atoms. The first-order valence-corrected chi connectivity index (χ1v) is 6.71. The molecular formula is C14H19N3O. The second-order valence-corrected chi connectivity index (χ2v) is 5.42. The zero-order valence-corrected chi connectivity index (χ0v) is 10.6. The summed E-state index contributed by atoms with van der Waals surface area (Å²) in [7, 11) is 0. The number of carbonyl (C=O) groups is 1. The van der Waals surface area contributed by atoms with Gasteiger partial charge in [-0.1, -0.05) is 0 Å². The SMILES string of the molecule is Cc1ncccc1C(=O)NC1CC2CCC(C1)N2. The van der Waals surface area contributed by atoms with Crippen molar-refractivity contribution >= 4 is 5.91 Å². The number of hydrogen-bond donors (Lipinski definition) is 2. The summed E-state index contributed by atoms with van der Waals surface area (Å²) in [4.78, 5) is 16.4. The van der Waals surface area contributed by atoms with Gasteiger partial charge in [0.2, 0.25) is 0 Å². The molecule has 2 aliphatic heterocycles. The zero-order chi connectivity index (χ0) is 12.5. The Hall–Kier alpha value is -1.42. The van der Waals surface area contributed by atoms with Crippen LogP contribution >= 0.6 is 0 Å². The summed E-state index contributed by atoms with van der Waals surface area (Å²) in [6.07, 6.45) is 6.34. The lowest BCUT2D eigenvalue weighted by molar-refractivity contribution is 0.0923. The Morgan fingerprint density at radius 1 is 1.39 bits per heavy atom. The minimum Gasteiger partial charge on any atom is -0.349 e. The maximum absolute atomic E-state index is 12.2. The number of carbonyl (C=O) groups excluding carboxylic acids is 1. The van der Waals surface area contributed by atoms with Crippen LogP contribution in [0.3, 0.4) is 0 Å². The van der Waals surface area contributed by atoms with Gasteiger partial charge in [0.25, 0.3) is 5.91 Å². The number of nitrogens with one attached hydrogen (secondary N) is 2. The molecule has 2 unspecified atom stereocenters. The second kappa shape index (κ2) is 4.69. The van der Waals surface area contributed by atoms with Gasteiger partial charge < -0.3 is 10.6 Å². The summed E-state index contributed by atoms with van der Waals surface area (Å²) in [5.74, 6) is 0.0203. The van der Waals surface area contributed by atoms with Crippen molar-refractivity contribution in [3.05, 3.63) is 29.6 Å². The van der Waals surface area contributed by atoms with Crippen molar-refractivity contribution in [2.24, 2.45) is 0 Å². The molecule has 3 heterocycles. The summed E-state index contributed by atoms with van der Waals surface area (Å²) in [6.45, 7) is 1.88. The van der Waals surface area contributed by atoms with Crippen LogP contribution in [-0.4, -0.2) is 29.0 Å². The minimum absolute atomic E-state index is 0.0203. The van der Waals surface area contributed by atoms with E-state index in [9.17, 15) is 4.79 Å². The molecule has 2 bridgehead atoms. The molecule has 2 atom stereocenters. The quantitative estimate of drug-likeness (QED) is 0.828. The van der Waals surface area contributed by atoms with Crippen LogP contribution in [0.5, 0.6) is 0 Å². The fourth-order valence-corrected chi connectivity index (χ4v) is 3.16. The fourth-order valence-electron chi connectivity index (χ4n) is 3.16. The van der Waals surface area contributed by atoms with Crippen molar-refractivity contribution in [3.8, 4) is 0 Å². The first kappa shape index (κ1) is 11.7. The Morgan fingerprint density at radius 3 is 2.78 bits per heavy atom. The number of aryl methyl sites for hydroxylation is 1. The number of pyridine rings is 1. The Kier molecular flexibility index (Phi) is 3.04. The smallest absolute Gasteiger partial charge is 0.253 e. The zero-order valence-electron chi connectivity index (χ0n) is 10.6. The molecule has 3 rings (SSSR count). The van der Waals surface area contributed by atoms with Gasteiger partial charge in [-0.15, -0.1) is 0 Å². The average molecular weight is 245 g/mol. The van der Waals surface area contributed by atoms with Crippen LogP contribution in [0.15, 0.2) is 18.3 Å². The molecule has 0 aromatic carbocycles. The predicted octanol–water partition coefficient (Wildman–Crippen LogP) is 1.40. The van der Waals surface area contributed by atoms with Gasteiger partial charge in [-0.25, -0.2) is 0 Å². The Labute approximate surface area is 107 Å². The number of rotatable bonds is 2. The highest BCUT2D eigenvalue weighted by Gasteiger charge is 2.34. The molecule has 1 aromatic heterocycles. The lowest BCUT2D eigenvalue weighted by atomic mass is 9.99. The number of fused-ring (bicyclic) bond motifs is 2. The van der Waals surface area contributed by atoms with E-state index in [1.807, 2.05) is 19.1 Å². The highest BCUT2D eigenvalue weighted by molar-refractivity contribution is 5.95. The summed E-state index contributed by atoms with van der Waals surface area (Å²) < 4.78 is 0. The van der Waals surface area contributed by atoms with Crippen molar-refractivity contribution in [1.29, 1.82) is 0 Å². The van der Waals surface area contributed by atoms with Gasteiger partial charge >= 0.3 is 0 Å². The average Bonchev–Trinajstić information content (AvgIpc) is 2.69. The van der Waals surface area contributed by atoms with Crippen molar-refractivity contribution in [2.45, 2.75) is 50.7 Å². The standard InChI is InChI=1S/C14H19N3O/c1-9-13(3-2-6-15-9)14(18)17-12-7-10-4-5-11(8-12)16-10/h2-3,6,10-12,16H,4-5,7-8H2,1H3,(H,17,18). The summed E-state index contributed by atoms with van der Waals surface area (Å²) in [5, 5.41) is 6.74. The van der Waals surface area contributed by atoms with E-state index < -0.39 is 0 Å². The maximum Gasteiger partial charge on any atom is 0.253 e. The predicted molar refractivity (Wildman–Crippen MR) is 69.4 cm³/mol. The number of amides is 1. The molecule has 2 aliphatic rings. The lowest BCUT2D eigenvalue weighted by Gasteiger charge is -2.29. The number of hydrogen-bond acceptors (Lipinski definition) is 3. The van der Waals surface area contributed by atoms with Crippen LogP contribution in [0.2, 0.25) is 0 Å². The van der Waals surface area contributed by atoms with Gasteiger partial charge in [-0.05, 0) is 44.7 Å². The van der Waals surface area contributed by atoms with Crippen molar-refractivity contribution in [3.63, 3.8) is 0 Å². The summed E-state index contributed by atoms with van der Waals surface area (Å²) in [5.41, 5.74) is 1.50. The first-order valence-electron chi connectivity index (χ1n) is 6.71. The Balaban J connectivity index is 1.66. The Bertz CT molecular complexity index is 448. The van der Waals surface area contributed by atoms with Crippen LogP contribution in [0, 0.1) is 6.92 Å². The van der Waals surface area contributed by atoms with E-state index in [1.165, 1.54) is 12.8 Å². The normalized spacial score (nSPS) is 30.2. The van der Waals surface area contributed by atoms with Gasteiger partial charge in [-0.3, -0.25) is 9.78 Å². The van der Waals surface area contributed by atoms with Gasteiger partial charge in [0.15, 0.2) is 0 Å². The molecule has 96 valence electrons. The molecule has 1 aromatic rings. The molecule has 4 nitrogen and oxygen atoms in total. The van der Waals surface area contributed by atoms with Crippen LogP contribution in [0.1, 0.15) is 41.7 Å². The van der Waals surface area contributed by atoms with Gasteiger partial charge in [0.1, 0.15) is 0 Å². The molecular weight excluding hydrogens is 226 g/mol. The third-order valence-electron chi connectivity index (χ3n) is 4.06. The largest absolute Gasteiger partial charge is 0.349 e. The maximum atomic E-state index is 12.2. The molecule has 0 spiro atoms. The van der Waals surface area contributed by atoms with Gasteiger partial charge in [-0.2, -0.15) is 0 Å². The fraction of sp³-hybridized carbons (Fsp3) is 0.571. The van der Waals surface area contributed by atoms with E-state index in [-0.39, 0.29) is 5.91 Å². The van der Waals surface area contributed by atoms with Crippen LogP contribution in [-0.2, 0) is 0 Å². The highest BCUT2D eigenvalue weighted by Crippen LogP contribution is 2.26. The van der Waals surface area contributed by atoms with Gasteiger partial charge in [0.05, 0.1) is 5.56 Å². The summed E-state index contributed by atoms with van der Waals surface area (Å²) >= 11 is 0. The lowest BCUT2D eigenvalue weighted by Crippen LogP contribution is -2.48. The summed E-state index contributed by atoms with van der Waals surface area (Å²) in [6, 6.07) is 5.17. The van der Waals surface area contributed by atoms with Crippen LogP contribution in [0.25, 0.3) is 0 Å². The van der Waals surface area contributed by atoms with E-state index in [1.54, 1.807) is 6.20 Å². The number of nitrogens with zero attached hydrogens (tertiary/aromatic N) is 1. The molecule has 2 N–H and O–H groups in total. The third-order valence-corrected chi connectivity index (χ3v) is 4.06. The van der Waals surface area contributed by atoms with Crippen molar-refractivity contribution in [2.75, 3.05) is 0 Å². The van der Waals surface area contributed by atoms with Crippen molar-refractivity contribution in [1.82, 2.24) is 15.6 Å². The van der Waals surface area contributed by atoms with Crippen molar-refractivity contribution < 1.29 is 4.79 Å². The number of aromatic nitrogens is 1. The molecule has 0 radical (unpaired) electrons. The third kappa shape index (κ3) is 2.25. The number of piperidine rings is 1. The molecule has 1 amide bonds. The van der Waals surface area contributed by atoms with Gasteiger partial charge in [0, 0.05) is 30.0 Å². The molecule has 2 saturated heterocycles. The molecule has 4 heteroatoms. The molecule has 2 fully saturated rings.